The lowest BCUT2D eigenvalue weighted by molar-refractivity contribution is -0.121. The number of rotatable bonds is 3. The smallest absolute Gasteiger partial charge is 0.332 e. The molecule has 1 amide bonds. The van der Waals surface area contributed by atoms with E-state index < -0.39 is 17.2 Å². The normalized spacial score (nSPS) is 10.4. The van der Waals surface area contributed by atoms with Crippen LogP contribution < -0.4 is 16.6 Å². The lowest BCUT2D eigenvalue weighted by Gasteiger charge is -2.08. The molecule has 2 aromatic heterocycles. The van der Waals surface area contributed by atoms with Gasteiger partial charge < -0.3 is 9.88 Å². The van der Waals surface area contributed by atoms with Gasteiger partial charge in [-0.1, -0.05) is 5.92 Å². The minimum atomic E-state index is -0.600. The molecule has 0 radical (unpaired) electrons. The second-order valence-corrected chi connectivity index (χ2v) is 4.24. The molecule has 0 aliphatic heterocycles. The van der Waals surface area contributed by atoms with Gasteiger partial charge in [0.1, 0.15) is 6.54 Å². The Morgan fingerprint density at radius 2 is 2.15 bits per heavy atom. The summed E-state index contributed by atoms with van der Waals surface area (Å²) < 4.78 is 3.59. The molecule has 1 N–H and O–H groups in total. The highest BCUT2D eigenvalue weighted by molar-refractivity contribution is 5.76. The summed E-state index contributed by atoms with van der Waals surface area (Å²) in [4.78, 5) is 39.9. The van der Waals surface area contributed by atoms with Gasteiger partial charge in [-0.15, -0.1) is 6.42 Å². The van der Waals surface area contributed by atoms with Crippen LogP contribution in [0.5, 0.6) is 0 Å². The molecule has 0 aliphatic rings. The minimum Gasteiger partial charge on any atom is -0.344 e. The van der Waals surface area contributed by atoms with Gasteiger partial charge >= 0.3 is 5.69 Å². The molecule has 0 spiro atoms. The number of terminal acetylenes is 1. The van der Waals surface area contributed by atoms with Crippen molar-refractivity contribution >= 4 is 17.1 Å². The molecular formula is C12H13N5O3. The lowest BCUT2D eigenvalue weighted by Crippen LogP contribution is -2.43. The number of nitrogens with one attached hydrogen (secondary N) is 1. The van der Waals surface area contributed by atoms with Crippen molar-refractivity contribution in [3.05, 3.63) is 27.2 Å². The van der Waals surface area contributed by atoms with Crippen LogP contribution in [0.15, 0.2) is 15.9 Å². The van der Waals surface area contributed by atoms with Gasteiger partial charge in [-0.3, -0.25) is 14.2 Å². The van der Waals surface area contributed by atoms with Gasteiger partial charge in [0.2, 0.25) is 5.91 Å². The summed E-state index contributed by atoms with van der Waals surface area (Å²) >= 11 is 0. The third-order valence-corrected chi connectivity index (χ3v) is 2.89. The van der Waals surface area contributed by atoms with Crippen molar-refractivity contribution in [3.8, 4) is 12.3 Å². The molecule has 0 aromatic carbocycles. The molecule has 8 heteroatoms. The number of carbonyl (C=O) groups is 1. The summed E-state index contributed by atoms with van der Waals surface area (Å²) in [6.45, 7) is -0.337. The fourth-order valence-corrected chi connectivity index (χ4v) is 1.88. The monoisotopic (exact) mass is 275 g/mol. The fraction of sp³-hybridized carbons (Fsp3) is 0.333. The minimum absolute atomic E-state index is 0.0435. The van der Waals surface area contributed by atoms with E-state index in [0.717, 1.165) is 4.57 Å². The Morgan fingerprint density at radius 1 is 1.45 bits per heavy atom. The predicted octanol–water partition coefficient (Wildman–Crippen LogP) is -1.82. The average Bonchev–Trinajstić information content (AvgIpc) is 2.81. The highest BCUT2D eigenvalue weighted by atomic mass is 16.2. The Balaban J connectivity index is 2.57. The van der Waals surface area contributed by atoms with Gasteiger partial charge in [0.25, 0.3) is 5.56 Å². The van der Waals surface area contributed by atoms with Crippen molar-refractivity contribution < 1.29 is 4.79 Å². The average molecular weight is 275 g/mol. The van der Waals surface area contributed by atoms with Crippen LogP contribution in [-0.4, -0.2) is 31.1 Å². The maximum atomic E-state index is 12.3. The Labute approximate surface area is 113 Å². The van der Waals surface area contributed by atoms with Crippen LogP contribution in [-0.2, 0) is 25.4 Å². The third-order valence-electron chi connectivity index (χ3n) is 2.89. The first-order chi connectivity index (χ1) is 9.47. The topological polar surface area (TPSA) is 90.9 Å². The summed E-state index contributed by atoms with van der Waals surface area (Å²) in [6.07, 6.45) is 6.46. The molecule has 2 rings (SSSR count). The van der Waals surface area contributed by atoms with Crippen LogP contribution in [0.25, 0.3) is 11.2 Å². The van der Waals surface area contributed by atoms with E-state index in [0.29, 0.717) is 0 Å². The Bertz CT molecular complexity index is 834. The second kappa shape index (κ2) is 5.05. The van der Waals surface area contributed by atoms with E-state index in [9.17, 15) is 14.4 Å². The number of hydrogen-bond acceptors (Lipinski definition) is 4. The van der Waals surface area contributed by atoms with E-state index in [1.807, 2.05) is 0 Å². The van der Waals surface area contributed by atoms with E-state index in [1.54, 1.807) is 7.05 Å². The highest BCUT2D eigenvalue weighted by Gasteiger charge is 2.16. The molecule has 0 saturated heterocycles. The molecule has 0 unspecified atom stereocenters. The van der Waals surface area contributed by atoms with Crippen LogP contribution in [0.3, 0.4) is 0 Å². The quantitative estimate of drug-likeness (QED) is 0.668. The van der Waals surface area contributed by atoms with Crippen LogP contribution in [0.4, 0.5) is 0 Å². The lowest BCUT2D eigenvalue weighted by atomic mass is 10.4. The number of carbonyl (C=O) groups excluding carboxylic acids is 1. The van der Waals surface area contributed by atoms with Gasteiger partial charge in [0.15, 0.2) is 11.2 Å². The summed E-state index contributed by atoms with van der Waals surface area (Å²) in [5, 5.41) is 2.41. The number of imidazole rings is 1. The van der Waals surface area contributed by atoms with Crippen LogP contribution in [0, 0.1) is 12.3 Å². The van der Waals surface area contributed by atoms with Crippen molar-refractivity contribution in [1.29, 1.82) is 0 Å². The highest BCUT2D eigenvalue weighted by Crippen LogP contribution is 2.02. The molecular weight excluding hydrogens is 262 g/mol. The molecule has 0 fully saturated rings. The van der Waals surface area contributed by atoms with Crippen LogP contribution in [0.1, 0.15) is 0 Å². The molecule has 8 nitrogen and oxygen atoms in total. The summed E-state index contributed by atoms with van der Waals surface area (Å²) in [5.41, 5.74) is -0.615. The molecule has 20 heavy (non-hydrogen) atoms. The first-order valence-electron chi connectivity index (χ1n) is 5.78. The number of hydrogen-bond donors (Lipinski definition) is 1. The van der Waals surface area contributed by atoms with Crippen molar-refractivity contribution in [2.24, 2.45) is 14.1 Å². The third kappa shape index (κ3) is 2.09. The maximum Gasteiger partial charge on any atom is 0.332 e. The van der Waals surface area contributed by atoms with E-state index in [2.05, 4.69) is 16.2 Å². The zero-order valence-electron chi connectivity index (χ0n) is 11.1. The SMILES string of the molecule is C#CCNC(=O)Cn1c(=O)c2c(ncn2C)n(C)c1=O. The molecule has 0 saturated carbocycles. The van der Waals surface area contributed by atoms with Crippen molar-refractivity contribution in [2.45, 2.75) is 6.54 Å². The maximum absolute atomic E-state index is 12.3. The van der Waals surface area contributed by atoms with Crippen molar-refractivity contribution in [3.63, 3.8) is 0 Å². The number of fused-ring (bicyclic) bond motifs is 1. The standard InChI is InChI=1S/C12H13N5O3/c1-4-5-13-8(18)6-17-11(19)9-10(14-7-15(9)2)16(3)12(17)20/h1,7H,5-6H2,2-3H3,(H,13,18). The van der Waals surface area contributed by atoms with Gasteiger partial charge in [-0.05, 0) is 0 Å². The first-order valence-corrected chi connectivity index (χ1v) is 5.78. The summed E-state index contributed by atoms with van der Waals surface area (Å²) in [6, 6.07) is 0. The van der Waals surface area contributed by atoms with Gasteiger partial charge in [0.05, 0.1) is 12.9 Å². The molecule has 0 bridgehead atoms. The van der Waals surface area contributed by atoms with Crippen LogP contribution in [0.2, 0.25) is 0 Å². The predicted molar refractivity (Wildman–Crippen MR) is 72.1 cm³/mol. The van der Waals surface area contributed by atoms with E-state index in [1.165, 1.54) is 22.5 Å². The largest absolute Gasteiger partial charge is 0.344 e. The zero-order chi connectivity index (χ0) is 14.9. The molecule has 0 atom stereocenters. The van der Waals surface area contributed by atoms with Gasteiger partial charge in [-0.2, -0.15) is 0 Å². The summed E-state index contributed by atoms with van der Waals surface area (Å²) in [7, 11) is 3.14. The van der Waals surface area contributed by atoms with E-state index >= 15 is 0 Å². The van der Waals surface area contributed by atoms with Crippen molar-refractivity contribution in [1.82, 2.24) is 24.0 Å². The molecule has 0 aliphatic carbocycles. The molecule has 2 aromatic rings. The van der Waals surface area contributed by atoms with Gasteiger partial charge in [-0.25, -0.2) is 14.3 Å². The van der Waals surface area contributed by atoms with E-state index in [4.69, 9.17) is 6.42 Å². The Hall–Kier alpha value is -2.82. The van der Waals surface area contributed by atoms with Gasteiger partial charge in [0, 0.05) is 14.1 Å². The van der Waals surface area contributed by atoms with E-state index in [-0.39, 0.29) is 24.3 Å². The van der Waals surface area contributed by atoms with Crippen molar-refractivity contribution in [2.75, 3.05) is 6.54 Å². The number of aryl methyl sites for hydroxylation is 2. The number of amides is 1. The number of aromatic nitrogens is 4. The molecule has 104 valence electrons. The molecule has 2 heterocycles. The summed E-state index contributed by atoms with van der Waals surface area (Å²) in [5.74, 6) is 1.75. The first kappa shape index (κ1) is 13.6. The Kier molecular flexibility index (Phi) is 3.43. The zero-order valence-corrected chi connectivity index (χ0v) is 11.1. The second-order valence-electron chi connectivity index (χ2n) is 4.24. The fourth-order valence-electron chi connectivity index (χ4n) is 1.88. The Morgan fingerprint density at radius 3 is 2.80 bits per heavy atom. The number of nitrogens with zero attached hydrogens (tertiary/aromatic N) is 4. The van der Waals surface area contributed by atoms with Crippen LogP contribution >= 0.6 is 0 Å².